The van der Waals surface area contributed by atoms with Gasteiger partial charge in [-0.3, -0.25) is 9.59 Å². The Kier molecular flexibility index (Phi) is 5.27. The number of ether oxygens (including phenoxy) is 1. The maximum Gasteiger partial charge on any atom is 0.274 e. The summed E-state index contributed by atoms with van der Waals surface area (Å²) >= 11 is 0. The molecule has 0 bridgehead atoms. The highest BCUT2D eigenvalue weighted by atomic mass is 16.5. The summed E-state index contributed by atoms with van der Waals surface area (Å²) in [5.41, 5.74) is 1.69. The van der Waals surface area contributed by atoms with Gasteiger partial charge < -0.3 is 9.64 Å². The van der Waals surface area contributed by atoms with Gasteiger partial charge >= 0.3 is 0 Å². The van der Waals surface area contributed by atoms with Crippen molar-refractivity contribution in [2.24, 2.45) is 5.92 Å². The van der Waals surface area contributed by atoms with Crippen LogP contribution < -0.4 is 10.3 Å². The summed E-state index contributed by atoms with van der Waals surface area (Å²) in [5, 5.41) is 10.6. The van der Waals surface area contributed by atoms with E-state index in [0.29, 0.717) is 31.5 Å². The third kappa shape index (κ3) is 4.34. The normalized spacial score (nSPS) is 15.5. The molecule has 9 nitrogen and oxygen atoms in total. The van der Waals surface area contributed by atoms with Crippen LogP contribution in [0, 0.1) is 5.92 Å². The number of imidazole rings is 1. The van der Waals surface area contributed by atoms with Crippen LogP contribution in [0.25, 0.3) is 5.65 Å². The standard InChI is InChI=1S/C21H26N6O3/c1-21(2,3)16-12-27-17(22-16)5-7-19(25-27)30-13-14-8-10-26(11-9-14)20(29)15-4-6-18(28)24-23-15/h4-7,12,14H,8-11,13H2,1-3H3,(H,24,28). The van der Waals surface area contributed by atoms with E-state index >= 15 is 0 Å². The fraction of sp³-hybridized carbons (Fsp3) is 0.476. The number of carbonyl (C=O) groups excluding carboxylic acids is 1. The number of nitrogens with one attached hydrogen (secondary N) is 1. The summed E-state index contributed by atoms with van der Waals surface area (Å²) in [4.78, 5) is 30.0. The number of likely N-dealkylation sites (tertiary alicyclic amines) is 1. The van der Waals surface area contributed by atoms with Crippen molar-refractivity contribution >= 4 is 11.6 Å². The first-order valence-electron chi connectivity index (χ1n) is 10.1. The molecule has 0 saturated carbocycles. The molecule has 0 aromatic carbocycles. The van der Waals surface area contributed by atoms with Gasteiger partial charge in [0.15, 0.2) is 5.65 Å². The highest BCUT2D eigenvalue weighted by Crippen LogP contribution is 2.23. The van der Waals surface area contributed by atoms with Crippen molar-refractivity contribution in [3.63, 3.8) is 0 Å². The zero-order chi connectivity index (χ0) is 21.3. The van der Waals surface area contributed by atoms with Crippen molar-refractivity contribution in [1.29, 1.82) is 0 Å². The molecule has 1 aliphatic rings. The molecule has 1 amide bonds. The number of hydrogen-bond acceptors (Lipinski definition) is 6. The van der Waals surface area contributed by atoms with E-state index in [1.165, 1.54) is 12.1 Å². The highest BCUT2D eigenvalue weighted by molar-refractivity contribution is 5.92. The van der Waals surface area contributed by atoms with Crippen molar-refractivity contribution in [2.45, 2.75) is 39.0 Å². The monoisotopic (exact) mass is 410 g/mol. The average Bonchev–Trinajstić information content (AvgIpc) is 3.17. The number of piperidine rings is 1. The van der Waals surface area contributed by atoms with Crippen LogP contribution >= 0.6 is 0 Å². The van der Waals surface area contributed by atoms with E-state index in [1.54, 1.807) is 9.42 Å². The van der Waals surface area contributed by atoms with Crippen LogP contribution in [0.5, 0.6) is 5.88 Å². The van der Waals surface area contributed by atoms with Crippen molar-refractivity contribution in [1.82, 2.24) is 29.7 Å². The molecule has 0 atom stereocenters. The minimum Gasteiger partial charge on any atom is -0.476 e. The number of rotatable bonds is 4. The molecule has 9 heteroatoms. The van der Waals surface area contributed by atoms with Crippen LogP contribution in [-0.4, -0.2) is 55.3 Å². The maximum absolute atomic E-state index is 12.5. The third-order valence-electron chi connectivity index (χ3n) is 5.33. The number of carbonyl (C=O) groups is 1. The van der Waals surface area contributed by atoms with Gasteiger partial charge in [-0.15, -0.1) is 5.10 Å². The molecule has 0 spiro atoms. The Balaban J connectivity index is 1.31. The summed E-state index contributed by atoms with van der Waals surface area (Å²) in [7, 11) is 0. The van der Waals surface area contributed by atoms with Crippen molar-refractivity contribution in [2.75, 3.05) is 19.7 Å². The molecule has 158 valence electrons. The lowest BCUT2D eigenvalue weighted by molar-refractivity contribution is 0.0652. The van der Waals surface area contributed by atoms with Gasteiger partial charge in [-0.25, -0.2) is 14.6 Å². The van der Waals surface area contributed by atoms with E-state index in [1.807, 2.05) is 18.3 Å². The highest BCUT2D eigenvalue weighted by Gasteiger charge is 2.25. The molecule has 1 N–H and O–H groups in total. The van der Waals surface area contributed by atoms with Gasteiger partial charge in [0.2, 0.25) is 5.88 Å². The van der Waals surface area contributed by atoms with E-state index < -0.39 is 0 Å². The number of H-pyrrole nitrogens is 1. The second-order valence-corrected chi connectivity index (χ2v) is 8.70. The average molecular weight is 410 g/mol. The van der Waals surface area contributed by atoms with Crippen molar-refractivity contribution in [3.8, 4) is 5.88 Å². The fourth-order valence-electron chi connectivity index (χ4n) is 3.43. The molecular formula is C21H26N6O3. The smallest absolute Gasteiger partial charge is 0.274 e. The van der Waals surface area contributed by atoms with Gasteiger partial charge in [0, 0.05) is 30.6 Å². The molecule has 0 radical (unpaired) electrons. The summed E-state index contributed by atoms with van der Waals surface area (Å²) < 4.78 is 7.69. The number of fused-ring (bicyclic) bond motifs is 1. The van der Waals surface area contributed by atoms with E-state index in [0.717, 1.165) is 24.2 Å². The van der Waals surface area contributed by atoms with Gasteiger partial charge in [-0.05, 0) is 30.9 Å². The Morgan fingerprint density at radius 1 is 1.20 bits per heavy atom. The van der Waals surface area contributed by atoms with E-state index in [-0.39, 0.29) is 22.6 Å². The lowest BCUT2D eigenvalue weighted by atomic mass is 9.93. The lowest BCUT2D eigenvalue weighted by Gasteiger charge is -2.31. The molecule has 3 aromatic heterocycles. The van der Waals surface area contributed by atoms with Crippen molar-refractivity contribution in [3.05, 3.63) is 52.2 Å². The predicted octanol–water partition coefficient (Wildman–Crippen LogP) is 2.04. The Bertz CT molecular complexity index is 1090. The lowest BCUT2D eigenvalue weighted by Crippen LogP contribution is -2.40. The number of hydrogen-bond donors (Lipinski definition) is 1. The number of amides is 1. The van der Waals surface area contributed by atoms with E-state index in [4.69, 9.17) is 4.74 Å². The number of nitrogens with zero attached hydrogens (tertiary/aromatic N) is 5. The Morgan fingerprint density at radius 3 is 2.63 bits per heavy atom. The topological polar surface area (TPSA) is 105 Å². The van der Waals surface area contributed by atoms with Crippen LogP contribution in [0.3, 0.4) is 0 Å². The Hall–Kier alpha value is -3.23. The number of aromatic nitrogens is 5. The zero-order valence-electron chi connectivity index (χ0n) is 17.5. The molecular weight excluding hydrogens is 384 g/mol. The van der Waals surface area contributed by atoms with Gasteiger partial charge in [0.05, 0.1) is 18.5 Å². The largest absolute Gasteiger partial charge is 0.476 e. The van der Waals surface area contributed by atoms with Crippen LogP contribution in [0.2, 0.25) is 0 Å². The molecule has 0 unspecified atom stereocenters. The van der Waals surface area contributed by atoms with Crippen LogP contribution in [-0.2, 0) is 5.41 Å². The first-order valence-corrected chi connectivity index (χ1v) is 10.1. The third-order valence-corrected chi connectivity index (χ3v) is 5.33. The molecule has 1 aliphatic heterocycles. The van der Waals surface area contributed by atoms with E-state index in [2.05, 4.69) is 41.1 Å². The minimum absolute atomic E-state index is 0.0370. The zero-order valence-corrected chi connectivity index (χ0v) is 17.5. The first kappa shape index (κ1) is 20.1. The van der Waals surface area contributed by atoms with Gasteiger partial charge in [0.25, 0.3) is 11.5 Å². The van der Waals surface area contributed by atoms with E-state index in [9.17, 15) is 9.59 Å². The molecule has 4 heterocycles. The second-order valence-electron chi connectivity index (χ2n) is 8.70. The molecule has 30 heavy (non-hydrogen) atoms. The van der Waals surface area contributed by atoms with Gasteiger partial charge in [0.1, 0.15) is 5.69 Å². The SMILES string of the molecule is CC(C)(C)c1cn2nc(OCC3CCN(C(=O)c4ccc(=O)[nH]n4)CC3)ccc2n1. The van der Waals surface area contributed by atoms with Gasteiger partial charge in [-0.1, -0.05) is 20.8 Å². The fourth-order valence-corrected chi connectivity index (χ4v) is 3.43. The van der Waals surface area contributed by atoms with Gasteiger partial charge in [-0.2, -0.15) is 5.10 Å². The molecule has 1 fully saturated rings. The maximum atomic E-state index is 12.5. The Morgan fingerprint density at radius 2 is 1.97 bits per heavy atom. The summed E-state index contributed by atoms with van der Waals surface area (Å²) in [6.07, 6.45) is 3.63. The van der Waals surface area contributed by atoms with Crippen molar-refractivity contribution < 1.29 is 9.53 Å². The molecule has 1 saturated heterocycles. The quantitative estimate of drug-likeness (QED) is 0.706. The molecule has 4 rings (SSSR count). The first-order chi connectivity index (χ1) is 14.3. The summed E-state index contributed by atoms with van der Waals surface area (Å²) in [5.74, 6) is 0.756. The van der Waals surface area contributed by atoms with Crippen LogP contribution in [0.4, 0.5) is 0 Å². The number of aromatic amines is 1. The van der Waals surface area contributed by atoms with Crippen LogP contribution in [0.1, 0.15) is 49.8 Å². The minimum atomic E-state index is -0.320. The molecule has 0 aliphatic carbocycles. The summed E-state index contributed by atoms with van der Waals surface area (Å²) in [6.45, 7) is 8.19. The second kappa shape index (κ2) is 7.89. The molecule has 3 aromatic rings. The summed E-state index contributed by atoms with van der Waals surface area (Å²) in [6, 6.07) is 6.53. The van der Waals surface area contributed by atoms with Crippen LogP contribution in [0.15, 0.2) is 35.3 Å². The Labute approximate surface area is 174 Å². The predicted molar refractivity (Wildman–Crippen MR) is 111 cm³/mol.